The third kappa shape index (κ3) is 6.05. The molecule has 19 heavy (non-hydrogen) atoms. The molecule has 1 saturated carbocycles. The van der Waals surface area contributed by atoms with Crippen molar-refractivity contribution in [3.05, 3.63) is 0 Å². The van der Waals surface area contributed by atoms with Gasteiger partial charge >= 0.3 is 5.97 Å². The van der Waals surface area contributed by atoms with Crippen molar-refractivity contribution in [1.82, 2.24) is 10.6 Å². The monoisotopic (exact) mass is 270 g/mol. The maximum Gasteiger partial charge on any atom is 0.329 e. The molecule has 0 aromatic rings. The number of nitrogens with one attached hydrogen (secondary N) is 2. The van der Waals surface area contributed by atoms with Crippen molar-refractivity contribution in [1.29, 1.82) is 0 Å². The van der Waals surface area contributed by atoms with E-state index >= 15 is 0 Å². The Morgan fingerprint density at radius 2 is 1.89 bits per heavy atom. The summed E-state index contributed by atoms with van der Waals surface area (Å²) >= 11 is 0. The minimum Gasteiger partial charge on any atom is -0.467 e. The van der Waals surface area contributed by atoms with Crippen LogP contribution < -0.4 is 10.6 Å². The summed E-state index contributed by atoms with van der Waals surface area (Å²) in [5.74, 6) is 0.911. The number of hydrogen-bond donors (Lipinski definition) is 2. The van der Waals surface area contributed by atoms with Crippen LogP contribution in [-0.2, 0) is 14.3 Å². The van der Waals surface area contributed by atoms with Crippen LogP contribution in [0.2, 0.25) is 0 Å². The van der Waals surface area contributed by atoms with Crippen LogP contribution in [0.4, 0.5) is 0 Å². The number of amides is 1. The van der Waals surface area contributed by atoms with E-state index in [-0.39, 0.29) is 5.91 Å². The van der Waals surface area contributed by atoms with E-state index in [2.05, 4.69) is 22.3 Å². The van der Waals surface area contributed by atoms with Gasteiger partial charge in [-0.05, 0) is 31.2 Å². The molecule has 1 rings (SSSR count). The minimum atomic E-state index is -0.593. The SMILES string of the molecule is COC(=O)C(CNCC1CCC(C)CC1)NC(C)=O. The summed E-state index contributed by atoms with van der Waals surface area (Å²) < 4.78 is 4.68. The quantitative estimate of drug-likeness (QED) is 0.709. The van der Waals surface area contributed by atoms with Gasteiger partial charge in [0, 0.05) is 13.5 Å². The minimum absolute atomic E-state index is 0.219. The molecule has 0 aromatic heterocycles. The summed E-state index contributed by atoms with van der Waals surface area (Å²) in [4.78, 5) is 22.5. The molecule has 5 nitrogen and oxygen atoms in total. The zero-order chi connectivity index (χ0) is 14.3. The molecule has 0 spiro atoms. The van der Waals surface area contributed by atoms with E-state index < -0.39 is 12.0 Å². The van der Waals surface area contributed by atoms with Gasteiger partial charge < -0.3 is 15.4 Å². The van der Waals surface area contributed by atoms with Crippen molar-refractivity contribution in [2.75, 3.05) is 20.2 Å². The summed E-state index contributed by atoms with van der Waals surface area (Å²) in [6, 6.07) is -0.593. The average Bonchev–Trinajstić information content (AvgIpc) is 2.38. The molecular weight excluding hydrogens is 244 g/mol. The second kappa shape index (κ2) is 8.15. The largest absolute Gasteiger partial charge is 0.467 e. The topological polar surface area (TPSA) is 67.4 Å². The predicted octanol–water partition coefficient (Wildman–Crippen LogP) is 1.08. The highest BCUT2D eigenvalue weighted by atomic mass is 16.5. The molecule has 1 atom stereocenters. The lowest BCUT2D eigenvalue weighted by Gasteiger charge is -2.27. The van der Waals surface area contributed by atoms with Crippen molar-refractivity contribution in [3.8, 4) is 0 Å². The Morgan fingerprint density at radius 3 is 2.42 bits per heavy atom. The Kier molecular flexibility index (Phi) is 6.84. The second-order valence-corrected chi connectivity index (χ2v) is 5.56. The number of carbonyl (C=O) groups is 2. The Hall–Kier alpha value is -1.10. The lowest BCUT2D eigenvalue weighted by atomic mass is 9.83. The summed E-state index contributed by atoms with van der Waals surface area (Å²) in [6.07, 6.45) is 5.07. The summed E-state index contributed by atoms with van der Waals surface area (Å²) in [7, 11) is 1.33. The van der Waals surface area contributed by atoms with E-state index in [0.29, 0.717) is 12.5 Å². The molecule has 1 aliphatic carbocycles. The molecule has 0 saturated heterocycles. The number of hydrogen-bond acceptors (Lipinski definition) is 4. The van der Waals surface area contributed by atoms with Gasteiger partial charge in [0.25, 0.3) is 0 Å². The molecule has 1 unspecified atom stereocenters. The fraction of sp³-hybridized carbons (Fsp3) is 0.857. The Bertz CT molecular complexity index is 299. The maximum atomic E-state index is 11.5. The smallest absolute Gasteiger partial charge is 0.329 e. The van der Waals surface area contributed by atoms with Crippen LogP contribution in [0.15, 0.2) is 0 Å². The third-order valence-corrected chi connectivity index (χ3v) is 3.78. The molecule has 1 fully saturated rings. The molecule has 2 N–H and O–H groups in total. The Labute approximate surface area is 115 Å². The first-order valence-electron chi connectivity index (χ1n) is 7.08. The van der Waals surface area contributed by atoms with Gasteiger partial charge in [-0.15, -0.1) is 0 Å². The molecule has 0 radical (unpaired) electrons. The molecule has 0 heterocycles. The van der Waals surface area contributed by atoms with E-state index in [4.69, 9.17) is 0 Å². The highest BCUT2D eigenvalue weighted by molar-refractivity contribution is 5.83. The van der Waals surface area contributed by atoms with Gasteiger partial charge in [0.1, 0.15) is 6.04 Å². The van der Waals surface area contributed by atoms with Crippen LogP contribution in [0.5, 0.6) is 0 Å². The predicted molar refractivity (Wildman–Crippen MR) is 73.6 cm³/mol. The summed E-state index contributed by atoms with van der Waals surface area (Å²) in [6.45, 7) is 5.03. The molecular formula is C14H26N2O3. The van der Waals surface area contributed by atoms with Crippen molar-refractivity contribution in [2.45, 2.75) is 45.6 Å². The number of carbonyl (C=O) groups excluding carboxylic acids is 2. The zero-order valence-electron chi connectivity index (χ0n) is 12.2. The Morgan fingerprint density at radius 1 is 1.26 bits per heavy atom. The molecule has 0 bridgehead atoms. The molecule has 5 heteroatoms. The van der Waals surface area contributed by atoms with Crippen molar-refractivity contribution in [2.24, 2.45) is 11.8 Å². The van der Waals surface area contributed by atoms with Gasteiger partial charge in [-0.2, -0.15) is 0 Å². The number of rotatable bonds is 6. The number of esters is 1. The van der Waals surface area contributed by atoms with Gasteiger partial charge in [-0.3, -0.25) is 4.79 Å². The normalized spacial score (nSPS) is 24.6. The van der Waals surface area contributed by atoms with Gasteiger partial charge in [0.15, 0.2) is 0 Å². The number of methoxy groups -OCH3 is 1. The van der Waals surface area contributed by atoms with Crippen LogP contribution in [0, 0.1) is 11.8 Å². The van der Waals surface area contributed by atoms with E-state index in [0.717, 1.165) is 12.5 Å². The third-order valence-electron chi connectivity index (χ3n) is 3.78. The highest BCUT2D eigenvalue weighted by Crippen LogP contribution is 2.27. The van der Waals surface area contributed by atoms with Crippen molar-refractivity contribution < 1.29 is 14.3 Å². The average molecular weight is 270 g/mol. The molecule has 110 valence electrons. The highest BCUT2D eigenvalue weighted by Gasteiger charge is 2.21. The standard InChI is InChI=1S/C14H26N2O3/c1-10-4-6-12(7-5-10)8-15-9-13(14(18)19-3)16-11(2)17/h10,12-13,15H,4-9H2,1-3H3,(H,16,17). The first-order chi connectivity index (χ1) is 9.02. The van der Waals surface area contributed by atoms with E-state index in [1.807, 2.05) is 0 Å². The summed E-state index contributed by atoms with van der Waals surface area (Å²) in [5.41, 5.74) is 0. The van der Waals surface area contributed by atoms with Crippen LogP contribution in [-0.4, -0.2) is 38.1 Å². The second-order valence-electron chi connectivity index (χ2n) is 5.56. The fourth-order valence-electron chi connectivity index (χ4n) is 2.55. The molecule has 0 aliphatic heterocycles. The van der Waals surface area contributed by atoms with Gasteiger partial charge in [-0.1, -0.05) is 19.8 Å². The first kappa shape index (κ1) is 16.0. The van der Waals surface area contributed by atoms with E-state index in [9.17, 15) is 9.59 Å². The van der Waals surface area contributed by atoms with Gasteiger partial charge in [0.2, 0.25) is 5.91 Å². The lowest BCUT2D eigenvalue weighted by Crippen LogP contribution is -2.47. The fourth-order valence-corrected chi connectivity index (χ4v) is 2.55. The maximum absolute atomic E-state index is 11.5. The lowest BCUT2D eigenvalue weighted by molar-refractivity contribution is -0.144. The zero-order valence-corrected chi connectivity index (χ0v) is 12.2. The van der Waals surface area contributed by atoms with E-state index in [1.165, 1.54) is 39.7 Å². The van der Waals surface area contributed by atoms with E-state index in [1.54, 1.807) is 0 Å². The van der Waals surface area contributed by atoms with Crippen LogP contribution >= 0.6 is 0 Å². The van der Waals surface area contributed by atoms with Crippen LogP contribution in [0.3, 0.4) is 0 Å². The van der Waals surface area contributed by atoms with Gasteiger partial charge in [-0.25, -0.2) is 4.79 Å². The molecule has 0 aromatic carbocycles. The first-order valence-corrected chi connectivity index (χ1v) is 7.08. The molecule has 1 amide bonds. The van der Waals surface area contributed by atoms with Crippen LogP contribution in [0.25, 0.3) is 0 Å². The van der Waals surface area contributed by atoms with Crippen molar-refractivity contribution in [3.63, 3.8) is 0 Å². The molecule has 1 aliphatic rings. The number of ether oxygens (including phenoxy) is 1. The Balaban J connectivity index is 2.27. The van der Waals surface area contributed by atoms with Crippen LogP contribution in [0.1, 0.15) is 39.5 Å². The summed E-state index contributed by atoms with van der Waals surface area (Å²) in [5, 5.41) is 5.87. The van der Waals surface area contributed by atoms with Gasteiger partial charge in [0.05, 0.1) is 7.11 Å². The van der Waals surface area contributed by atoms with Crippen molar-refractivity contribution >= 4 is 11.9 Å².